The predicted octanol–water partition coefficient (Wildman–Crippen LogP) is 3.21. The minimum Gasteiger partial charge on any atom is -0.294 e. The smallest absolute Gasteiger partial charge is 0.265 e. The van der Waals surface area contributed by atoms with Crippen LogP contribution in [0.2, 0.25) is 0 Å². The molecule has 0 N–H and O–H groups in total. The summed E-state index contributed by atoms with van der Waals surface area (Å²) in [4.78, 5) is 34.3. The number of nitrogens with zero attached hydrogens (tertiary/aromatic N) is 3. The summed E-state index contributed by atoms with van der Waals surface area (Å²) in [5, 5.41) is 0.525. The Balaban J connectivity index is 1.90. The van der Waals surface area contributed by atoms with Gasteiger partial charge in [0.1, 0.15) is 5.82 Å². The third-order valence-electron chi connectivity index (χ3n) is 4.18. The van der Waals surface area contributed by atoms with Crippen LogP contribution in [0.4, 0.5) is 0 Å². The Labute approximate surface area is 149 Å². The third kappa shape index (κ3) is 2.91. The number of hydrogen-bond donors (Lipinski definition) is 0. The van der Waals surface area contributed by atoms with Crippen LogP contribution in [0, 0.1) is 0 Å². The summed E-state index contributed by atoms with van der Waals surface area (Å²) < 4.78 is 1.52. The Kier molecular flexibility index (Phi) is 4.11. The Bertz CT molecular complexity index is 1140. The van der Waals surface area contributed by atoms with E-state index < -0.39 is 0 Å². The molecule has 2 aromatic carbocycles. The van der Waals surface area contributed by atoms with Crippen LogP contribution in [-0.2, 0) is 6.42 Å². The van der Waals surface area contributed by atoms with Gasteiger partial charge >= 0.3 is 0 Å². The molecule has 0 amide bonds. The summed E-state index contributed by atoms with van der Waals surface area (Å²) in [6.07, 6.45) is 3.18. The Morgan fingerprint density at radius 3 is 2.35 bits per heavy atom. The molecule has 0 aliphatic carbocycles. The summed E-state index contributed by atoms with van der Waals surface area (Å²) in [5.41, 5.74) is 1.64. The first-order valence-corrected chi connectivity index (χ1v) is 8.23. The Morgan fingerprint density at radius 1 is 0.885 bits per heavy atom. The van der Waals surface area contributed by atoms with Gasteiger partial charge in [0, 0.05) is 18.0 Å². The first-order chi connectivity index (χ1) is 12.7. The number of benzene rings is 2. The van der Waals surface area contributed by atoms with Crippen LogP contribution in [0.25, 0.3) is 16.6 Å². The number of rotatable bonds is 4. The van der Waals surface area contributed by atoms with Crippen LogP contribution >= 0.6 is 0 Å². The SMILES string of the molecule is O=C(Cc1nc2ccccc2c(=O)n1-c1ccccc1)c1ccncc1. The maximum atomic E-state index is 13.1. The standard InChI is InChI=1S/C21H15N3O2/c25-19(15-10-12-22-13-11-15)14-20-23-18-9-5-4-8-17(18)21(26)24(20)16-6-2-1-3-7-16/h1-13H,14H2. The molecule has 0 aliphatic rings. The zero-order valence-corrected chi connectivity index (χ0v) is 13.9. The second kappa shape index (κ2) is 6.72. The lowest BCUT2D eigenvalue weighted by Crippen LogP contribution is -2.25. The maximum Gasteiger partial charge on any atom is 0.265 e. The lowest BCUT2D eigenvalue weighted by atomic mass is 10.1. The number of pyridine rings is 1. The van der Waals surface area contributed by atoms with Gasteiger partial charge in [-0.05, 0) is 36.4 Å². The van der Waals surface area contributed by atoms with Crippen molar-refractivity contribution in [1.82, 2.24) is 14.5 Å². The number of fused-ring (bicyclic) bond motifs is 1. The molecular weight excluding hydrogens is 326 g/mol. The maximum absolute atomic E-state index is 13.1. The molecule has 126 valence electrons. The van der Waals surface area contributed by atoms with E-state index in [0.29, 0.717) is 28.0 Å². The summed E-state index contributed by atoms with van der Waals surface area (Å²) in [5.74, 6) is 0.306. The molecule has 0 bridgehead atoms. The normalized spacial score (nSPS) is 10.8. The molecule has 0 aliphatic heterocycles. The van der Waals surface area contributed by atoms with Gasteiger partial charge in [0.05, 0.1) is 23.0 Å². The van der Waals surface area contributed by atoms with E-state index in [4.69, 9.17) is 0 Å². The lowest BCUT2D eigenvalue weighted by molar-refractivity contribution is 0.0990. The van der Waals surface area contributed by atoms with E-state index in [1.165, 1.54) is 4.57 Å². The van der Waals surface area contributed by atoms with Gasteiger partial charge in [0.2, 0.25) is 0 Å². The van der Waals surface area contributed by atoms with Gasteiger partial charge in [-0.3, -0.25) is 19.1 Å². The quantitative estimate of drug-likeness (QED) is 0.535. The van der Waals surface area contributed by atoms with Gasteiger partial charge < -0.3 is 0 Å². The van der Waals surface area contributed by atoms with Crippen molar-refractivity contribution < 1.29 is 4.79 Å². The minimum atomic E-state index is -0.181. The van der Waals surface area contributed by atoms with E-state index in [2.05, 4.69) is 9.97 Å². The molecule has 0 saturated carbocycles. The van der Waals surface area contributed by atoms with E-state index in [1.54, 1.807) is 36.7 Å². The number of carbonyl (C=O) groups excluding carboxylic acids is 1. The van der Waals surface area contributed by atoms with Crippen molar-refractivity contribution in [3.63, 3.8) is 0 Å². The zero-order valence-electron chi connectivity index (χ0n) is 13.9. The lowest BCUT2D eigenvalue weighted by Gasteiger charge is -2.13. The largest absolute Gasteiger partial charge is 0.294 e. The van der Waals surface area contributed by atoms with Gasteiger partial charge in [-0.1, -0.05) is 30.3 Å². The third-order valence-corrected chi connectivity index (χ3v) is 4.18. The molecule has 0 spiro atoms. The molecule has 0 radical (unpaired) electrons. The highest BCUT2D eigenvalue weighted by atomic mass is 16.1. The molecule has 4 rings (SSSR count). The van der Waals surface area contributed by atoms with E-state index in [-0.39, 0.29) is 17.8 Å². The fourth-order valence-corrected chi connectivity index (χ4v) is 2.92. The number of aromatic nitrogens is 3. The Morgan fingerprint density at radius 2 is 1.58 bits per heavy atom. The second-order valence-corrected chi connectivity index (χ2v) is 5.86. The van der Waals surface area contributed by atoms with Crippen molar-refractivity contribution in [2.24, 2.45) is 0 Å². The van der Waals surface area contributed by atoms with Crippen molar-refractivity contribution in [2.45, 2.75) is 6.42 Å². The average molecular weight is 341 g/mol. The molecule has 0 atom stereocenters. The van der Waals surface area contributed by atoms with Crippen molar-refractivity contribution in [3.8, 4) is 5.69 Å². The van der Waals surface area contributed by atoms with Crippen molar-refractivity contribution >= 4 is 16.7 Å². The molecule has 0 fully saturated rings. The van der Waals surface area contributed by atoms with Crippen LogP contribution in [0.3, 0.4) is 0 Å². The van der Waals surface area contributed by atoms with Gasteiger partial charge in [-0.15, -0.1) is 0 Å². The zero-order chi connectivity index (χ0) is 17.9. The summed E-state index contributed by atoms with van der Waals surface area (Å²) >= 11 is 0. The molecule has 2 aromatic heterocycles. The number of carbonyl (C=O) groups is 1. The first kappa shape index (κ1) is 15.9. The van der Waals surface area contributed by atoms with Crippen molar-refractivity contribution in [2.75, 3.05) is 0 Å². The predicted molar refractivity (Wildman–Crippen MR) is 99.6 cm³/mol. The van der Waals surface area contributed by atoms with Gasteiger partial charge in [-0.25, -0.2) is 4.98 Å². The molecule has 2 heterocycles. The summed E-state index contributed by atoms with van der Waals surface area (Å²) in [7, 11) is 0. The van der Waals surface area contributed by atoms with Crippen LogP contribution in [0.5, 0.6) is 0 Å². The van der Waals surface area contributed by atoms with Gasteiger partial charge in [0.25, 0.3) is 5.56 Å². The van der Waals surface area contributed by atoms with Crippen LogP contribution in [-0.4, -0.2) is 20.3 Å². The first-order valence-electron chi connectivity index (χ1n) is 8.23. The number of ketones is 1. The van der Waals surface area contributed by atoms with Crippen LogP contribution in [0.15, 0.2) is 83.9 Å². The molecule has 5 heteroatoms. The van der Waals surface area contributed by atoms with E-state index >= 15 is 0 Å². The van der Waals surface area contributed by atoms with E-state index in [9.17, 15) is 9.59 Å². The molecule has 0 unspecified atom stereocenters. The molecular formula is C21H15N3O2. The Hall–Kier alpha value is -3.60. The molecule has 26 heavy (non-hydrogen) atoms. The van der Waals surface area contributed by atoms with E-state index in [0.717, 1.165) is 0 Å². The highest BCUT2D eigenvalue weighted by molar-refractivity contribution is 5.97. The number of para-hydroxylation sites is 2. The summed E-state index contributed by atoms with van der Waals surface area (Å²) in [6, 6.07) is 19.7. The number of Topliss-reactive ketones (excluding diaryl/α,β-unsaturated/α-hetero) is 1. The highest BCUT2D eigenvalue weighted by Crippen LogP contribution is 2.14. The molecule has 5 nitrogen and oxygen atoms in total. The van der Waals surface area contributed by atoms with E-state index in [1.807, 2.05) is 42.5 Å². The fourth-order valence-electron chi connectivity index (χ4n) is 2.92. The van der Waals surface area contributed by atoms with Crippen LogP contribution in [0.1, 0.15) is 16.2 Å². The van der Waals surface area contributed by atoms with Crippen molar-refractivity contribution in [1.29, 1.82) is 0 Å². The van der Waals surface area contributed by atoms with Gasteiger partial charge in [0.15, 0.2) is 5.78 Å². The highest BCUT2D eigenvalue weighted by Gasteiger charge is 2.16. The monoisotopic (exact) mass is 341 g/mol. The fraction of sp³-hybridized carbons (Fsp3) is 0.0476. The topological polar surface area (TPSA) is 64.8 Å². The average Bonchev–Trinajstić information content (AvgIpc) is 2.69. The number of hydrogen-bond acceptors (Lipinski definition) is 4. The summed E-state index contributed by atoms with van der Waals surface area (Å²) in [6.45, 7) is 0. The van der Waals surface area contributed by atoms with Gasteiger partial charge in [-0.2, -0.15) is 0 Å². The molecule has 0 saturated heterocycles. The van der Waals surface area contributed by atoms with Crippen LogP contribution < -0.4 is 5.56 Å². The van der Waals surface area contributed by atoms with Crippen molar-refractivity contribution in [3.05, 3.63) is 101 Å². The molecule has 4 aromatic rings. The second-order valence-electron chi connectivity index (χ2n) is 5.86. The minimum absolute atomic E-state index is 0.0268.